The number of piperazine rings is 1. The Balaban J connectivity index is 2.03. The number of hydrogen-bond donors (Lipinski definition) is 1. The van der Waals surface area contributed by atoms with Crippen LogP contribution in [0.2, 0.25) is 0 Å². The van der Waals surface area contributed by atoms with Gasteiger partial charge in [-0.2, -0.15) is 0 Å². The molecular formula is C14H24N2O3. The van der Waals surface area contributed by atoms with Gasteiger partial charge in [-0.05, 0) is 39.0 Å². The first-order chi connectivity index (χ1) is 9.04. The summed E-state index contributed by atoms with van der Waals surface area (Å²) in [4.78, 5) is 26.3. The molecular weight excluding hydrogens is 244 g/mol. The molecule has 0 aromatic heterocycles. The summed E-state index contributed by atoms with van der Waals surface area (Å²) in [7, 11) is 0. The van der Waals surface area contributed by atoms with Gasteiger partial charge in [-0.15, -0.1) is 0 Å². The summed E-state index contributed by atoms with van der Waals surface area (Å²) in [6.07, 6.45) is 2.88. The van der Waals surface area contributed by atoms with Crippen LogP contribution in [-0.2, 0) is 14.3 Å². The number of amides is 2. The van der Waals surface area contributed by atoms with E-state index in [0.717, 1.165) is 12.8 Å². The lowest BCUT2D eigenvalue weighted by atomic mass is 10.0. The summed E-state index contributed by atoms with van der Waals surface area (Å²) >= 11 is 0. The molecule has 2 aliphatic rings. The number of nitrogens with one attached hydrogen (secondary N) is 1. The summed E-state index contributed by atoms with van der Waals surface area (Å²) in [5.74, 6) is 0.408. The minimum atomic E-state index is -0.360. The van der Waals surface area contributed by atoms with Gasteiger partial charge in [0.2, 0.25) is 11.8 Å². The zero-order valence-corrected chi connectivity index (χ0v) is 12.0. The lowest BCUT2D eigenvalue weighted by Gasteiger charge is -2.39. The molecule has 0 bridgehead atoms. The Morgan fingerprint density at radius 3 is 2.58 bits per heavy atom. The molecule has 1 saturated carbocycles. The quantitative estimate of drug-likeness (QED) is 0.779. The van der Waals surface area contributed by atoms with Gasteiger partial charge in [0, 0.05) is 6.54 Å². The van der Waals surface area contributed by atoms with Crippen molar-refractivity contribution in [2.24, 2.45) is 5.92 Å². The first-order valence-electron chi connectivity index (χ1n) is 7.27. The van der Waals surface area contributed by atoms with Crippen LogP contribution in [0.3, 0.4) is 0 Å². The van der Waals surface area contributed by atoms with Crippen molar-refractivity contribution < 1.29 is 14.3 Å². The second kappa shape index (κ2) is 5.90. The van der Waals surface area contributed by atoms with E-state index < -0.39 is 0 Å². The molecule has 1 heterocycles. The SMILES string of the molecule is CCC1NC(=O)C(C2CC2)N(CCOC(C)C)C1=O. The number of carbonyl (C=O) groups is 2. The number of hydrogen-bond acceptors (Lipinski definition) is 3. The first-order valence-corrected chi connectivity index (χ1v) is 7.27. The molecule has 5 nitrogen and oxygen atoms in total. The standard InChI is InChI=1S/C14H24N2O3/c1-4-11-14(18)16(7-8-19-9(2)3)12(10-5-6-10)13(17)15-11/h9-12H,4-8H2,1-3H3,(H,15,17). The Bertz CT molecular complexity index is 353. The third kappa shape index (κ3) is 3.26. The zero-order valence-electron chi connectivity index (χ0n) is 12.0. The fraction of sp³-hybridized carbons (Fsp3) is 0.857. The van der Waals surface area contributed by atoms with Crippen LogP contribution in [0.1, 0.15) is 40.0 Å². The molecule has 2 fully saturated rings. The molecule has 0 aromatic rings. The highest BCUT2D eigenvalue weighted by Gasteiger charge is 2.47. The molecule has 2 unspecified atom stereocenters. The Labute approximate surface area is 114 Å². The van der Waals surface area contributed by atoms with E-state index in [1.54, 1.807) is 4.90 Å². The molecule has 2 amide bonds. The van der Waals surface area contributed by atoms with E-state index in [0.29, 0.717) is 25.5 Å². The van der Waals surface area contributed by atoms with Gasteiger partial charge >= 0.3 is 0 Å². The molecule has 5 heteroatoms. The highest BCUT2D eigenvalue weighted by molar-refractivity contribution is 5.97. The molecule has 1 saturated heterocycles. The van der Waals surface area contributed by atoms with Crippen LogP contribution in [-0.4, -0.2) is 48.1 Å². The number of ether oxygens (including phenoxy) is 1. The number of carbonyl (C=O) groups excluding carboxylic acids is 2. The lowest BCUT2D eigenvalue weighted by Crippen LogP contribution is -2.64. The van der Waals surface area contributed by atoms with Crippen molar-refractivity contribution in [3.05, 3.63) is 0 Å². The van der Waals surface area contributed by atoms with Crippen molar-refractivity contribution in [1.82, 2.24) is 10.2 Å². The first kappa shape index (κ1) is 14.3. The molecule has 2 atom stereocenters. The fourth-order valence-electron chi connectivity index (χ4n) is 2.59. The second-order valence-electron chi connectivity index (χ2n) is 5.70. The molecule has 1 aliphatic heterocycles. The number of nitrogens with zero attached hydrogens (tertiary/aromatic N) is 1. The molecule has 2 rings (SSSR count). The summed E-state index contributed by atoms with van der Waals surface area (Å²) in [5.41, 5.74) is 0. The highest BCUT2D eigenvalue weighted by Crippen LogP contribution is 2.37. The maximum atomic E-state index is 12.4. The lowest BCUT2D eigenvalue weighted by molar-refractivity contribution is -0.151. The average molecular weight is 268 g/mol. The number of rotatable bonds is 6. The molecule has 0 spiro atoms. The van der Waals surface area contributed by atoms with E-state index in [1.165, 1.54) is 0 Å². The van der Waals surface area contributed by atoms with Crippen LogP contribution in [0.5, 0.6) is 0 Å². The Hall–Kier alpha value is -1.10. The fourth-order valence-corrected chi connectivity index (χ4v) is 2.59. The van der Waals surface area contributed by atoms with Gasteiger partial charge in [0.05, 0.1) is 12.7 Å². The van der Waals surface area contributed by atoms with Crippen molar-refractivity contribution >= 4 is 11.8 Å². The third-order valence-corrected chi connectivity index (χ3v) is 3.76. The summed E-state index contributed by atoms with van der Waals surface area (Å²) in [6.45, 7) is 6.87. The normalized spacial score (nSPS) is 27.9. The Morgan fingerprint density at radius 1 is 1.37 bits per heavy atom. The van der Waals surface area contributed by atoms with Crippen molar-refractivity contribution in [2.75, 3.05) is 13.2 Å². The molecule has 1 N–H and O–H groups in total. The monoisotopic (exact) mass is 268 g/mol. The van der Waals surface area contributed by atoms with E-state index in [-0.39, 0.29) is 30.0 Å². The minimum absolute atomic E-state index is 0.0125. The van der Waals surface area contributed by atoms with Crippen LogP contribution >= 0.6 is 0 Å². The van der Waals surface area contributed by atoms with Crippen molar-refractivity contribution in [1.29, 1.82) is 0 Å². The Morgan fingerprint density at radius 2 is 2.05 bits per heavy atom. The van der Waals surface area contributed by atoms with Crippen LogP contribution in [0.15, 0.2) is 0 Å². The Kier molecular flexibility index (Phi) is 4.45. The van der Waals surface area contributed by atoms with Crippen LogP contribution in [0.4, 0.5) is 0 Å². The third-order valence-electron chi connectivity index (χ3n) is 3.76. The van der Waals surface area contributed by atoms with Crippen LogP contribution in [0, 0.1) is 5.92 Å². The minimum Gasteiger partial charge on any atom is -0.377 e. The highest BCUT2D eigenvalue weighted by atomic mass is 16.5. The van der Waals surface area contributed by atoms with Gasteiger partial charge in [0.1, 0.15) is 12.1 Å². The van der Waals surface area contributed by atoms with Gasteiger partial charge in [-0.3, -0.25) is 9.59 Å². The van der Waals surface area contributed by atoms with Gasteiger partial charge in [-0.1, -0.05) is 6.92 Å². The van der Waals surface area contributed by atoms with Crippen molar-refractivity contribution in [3.8, 4) is 0 Å². The van der Waals surface area contributed by atoms with Crippen LogP contribution < -0.4 is 5.32 Å². The van der Waals surface area contributed by atoms with E-state index in [4.69, 9.17) is 4.74 Å². The smallest absolute Gasteiger partial charge is 0.245 e. The molecule has 1 aliphatic carbocycles. The van der Waals surface area contributed by atoms with Crippen molar-refractivity contribution in [2.45, 2.75) is 58.2 Å². The molecule has 19 heavy (non-hydrogen) atoms. The topological polar surface area (TPSA) is 58.6 Å². The summed E-state index contributed by atoms with van der Waals surface area (Å²) < 4.78 is 5.52. The average Bonchev–Trinajstić information content (AvgIpc) is 3.16. The van der Waals surface area contributed by atoms with E-state index in [2.05, 4.69) is 5.32 Å². The maximum Gasteiger partial charge on any atom is 0.245 e. The van der Waals surface area contributed by atoms with Gasteiger partial charge < -0.3 is 15.0 Å². The summed E-state index contributed by atoms with van der Waals surface area (Å²) in [5, 5.41) is 2.85. The molecule has 0 radical (unpaired) electrons. The maximum absolute atomic E-state index is 12.4. The largest absolute Gasteiger partial charge is 0.377 e. The van der Waals surface area contributed by atoms with Gasteiger partial charge in [-0.25, -0.2) is 0 Å². The van der Waals surface area contributed by atoms with E-state index in [1.807, 2.05) is 20.8 Å². The molecule has 0 aromatic carbocycles. The predicted octanol–water partition coefficient (Wildman–Crippen LogP) is 0.927. The second-order valence-corrected chi connectivity index (χ2v) is 5.70. The van der Waals surface area contributed by atoms with Crippen molar-refractivity contribution in [3.63, 3.8) is 0 Å². The van der Waals surface area contributed by atoms with E-state index >= 15 is 0 Å². The molecule has 108 valence electrons. The van der Waals surface area contributed by atoms with E-state index in [9.17, 15) is 9.59 Å². The van der Waals surface area contributed by atoms with Gasteiger partial charge in [0.25, 0.3) is 0 Å². The zero-order chi connectivity index (χ0) is 14.0. The van der Waals surface area contributed by atoms with Gasteiger partial charge in [0.15, 0.2) is 0 Å². The predicted molar refractivity (Wildman–Crippen MR) is 71.5 cm³/mol. The van der Waals surface area contributed by atoms with Crippen LogP contribution in [0.25, 0.3) is 0 Å². The summed E-state index contributed by atoms with van der Waals surface area (Å²) in [6, 6.07) is -0.632.